The van der Waals surface area contributed by atoms with E-state index in [4.69, 9.17) is 0 Å². The van der Waals surface area contributed by atoms with Crippen LogP contribution in [0.15, 0.2) is 97.3 Å². The smallest absolute Gasteiger partial charge is 0.326 e. The number of nitrogens with one attached hydrogen (secondary N) is 1. The molecule has 2 aromatic heterocycles. The number of amides is 1. The third-order valence-corrected chi connectivity index (χ3v) is 8.59. The molecule has 2 heterocycles. The first-order valence-corrected chi connectivity index (χ1v) is 14.6. The molecule has 7 heteroatoms. The van der Waals surface area contributed by atoms with E-state index in [-0.39, 0.29) is 17.7 Å². The number of aryl methyl sites for hydroxylation is 1. The molecule has 0 aliphatic rings. The second-order valence-electron chi connectivity index (χ2n) is 11.4. The molecule has 1 amide bonds. The van der Waals surface area contributed by atoms with E-state index in [0.29, 0.717) is 10.7 Å². The molecule has 5 rings (SSSR count). The molecule has 6 nitrogen and oxygen atoms in total. The van der Waals surface area contributed by atoms with Crippen molar-refractivity contribution in [2.24, 2.45) is 0 Å². The SMILES string of the molecule is Cc1ccc(-c2ccc(-c3cnc(-c4ccc(C[C@H](NC(=O)c5ccc(C(C)(C)C)s5)C(=O)O)cc4)nc3)cc2)cc1. The van der Waals surface area contributed by atoms with Gasteiger partial charge in [-0.2, -0.15) is 0 Å². The molecule has 0 bridgehead atoms. The first-order chi connectivity index (χ1) is 20.1. The van der Waals surface area contributed by atoms with Crippen LogP contribution in [0.1, 0.15) is 46.4 Å². The Morgan fingerprint density at radius 3 is 1.81 bits per heavy atom. The highest BCUT2D eigenvalue weighted by Crippen LogP contribution is 2.30. The summed E-state index contributed by atoms with van der Waals surface area (Å²) in [6.07, 6.45) is 3.78. The fourth-order valence-electron chi connectivity index (χ4n) is 4.55. The van der Waals surface area contributed by atoms with Crippen molar-refractivity contribution < 1.29 is 14.7 Å². The predicted molar refractivity (Wildman–Crippen MR) is 169 cm³/mol. The molecule has 0 saturated heterocycles. The summed E-state index contributed by atoms with van der Waals surface area (Å²) in [5.41, 5.74) is 7.06. The Morgan fingerprint density at radius 2 is 1.29 bits per heavy atom. The second-order valence-corrected chi connectivity index (χ2v) is 12.5. The van der Waals surface area contributed by atoms with E-state index in [2.05, 4.69) is 91.5 Å². The summed E-state index contributed by atoms with van der Waals surface area (Å²) in [5.74, 6) is -0.874. The lowest BCUT2D eigenvalue weighted by molar-refractivity contribution is -0.139. The highest BCUT2D eigenvalue weighted by atomic mass is 32.1. The monoisotopic (exact) mass is 575 g/mol. The molecule has 0 unspecified atom stereocenters. The van der Waals surface area contributed by atoms with Crippen LogP contribution in [-0.4, -0.2) is 33.0 Å². The lowest BCUT2D eigenvalue weighted by atomic mass is 9.95. The van der Waals surface area contributed by atoms with E-state index >= 15 is 0 Å². The van der Waals surface area contributed by atoms with Crippen LogP contribution < -0.4 is 5.32 Å². The number of hydrogen-bond donors (Lipinski definition) is 2. The molecule has 3 aromatic carbocycles. The van der Waals surface area contributed by atoms with Crippen molar-refractivity contribution in [3.05, 3.63) is 118 Å². The Kier molecular flexibility index (Phi) is 8.31. The van der Waals surface area contributed by atoms with Crippen LogP contribution in [0.25, 0.3) is 33.6 Å². The van der Waals surface area contributed by atoms with Crippen LogP contribution in [0.2, 0.25) is 0 Å². The molecule has 0 aliphatic carbocycles. The number of carboxylic acid groups (broad SMARTS) is 1. The first kappa shape index (κ1) is 28.9. The van der Waals surface area contributed by atoms with Crippen LogP contribution in [0.5, 0.6) is 0 Å². The number of nitrogens with zero attached hydrogens (tertiary/aromatic N) is 2. The van der Waals surface area contributed by atoms with Crippen molar-refractivity contribution in [3.63, 3.8) is 0 Å². The van der Waals surface area contributed by atoms with Gasteiger partial charge in [0, 0.05) is 34.8 Å². The largest absolute Gasteiger partial charge is 0.480 e. The number of carbonyl (C=O) groups is 2. The van der Waals surface area contributed by atoms with E-state index in [1.54, 1.807) is 6.07 Å². The molecule has 0 spiro atoms. The normalized spacial score (nSPS) is 12.1. The van der Waals surface area contributed by atoms with Crippen LogP contribution >= 0.6 is 11.3 Å². The molecule has 42 heavy (non-hydrogen) atoms. The van der Waals surface area contributed by atoms with Crippen LogP contribution in [0, 0.1) is 6.92 Å². The Balaban J connectivity index is 1.23. The molecule has 212 valence electrons. The number of aliphatic carboxylic acids is 1. The van der Waals surface area contributed by atoms with Gasteiger partial charge in [-0.15, -0.1) is 11.3 Å². The summed E-state index contributed by atoms with van der Waals surface area (Å²) in [6, 6.07) is 26.9. The number of rotatable bonds is 8. The van der Waals surface area contributed by atoms with Gasteiger partial charge in [-0.3, -0.25) is 4.79 Å². The summed E-state index contributed by atoms with van der Waals surface area (Å²) >= 11 is 1.39. The molecule has 1 atom stereocenters. The van der Waals surface area contributed by atoms with Crippen molar-refractivity contribution in [1.82, 2.24) is 15.3 Å². The summed E-state index contributed by atoms with van der Waals surface area (Å²) in [4.78, 5) is 35.4. The van der Waals surface area contributed by atoms with Gasteiger partial charge in [-0.25, -0.2) is 14.8 Å². The average molecular weight is 576 g/mol. The van der Waals surface area contributed by atoms with Crippen LogP contribution in [-0.2, 0) is 16.6 Å². The number of hydrogen-bond acceptors (Lipinski definition) is 5. The summed E-state index contributed by atoms with van der Waals surface area (Å²) in [7, 11) is 0. The van der Waals surface area contributed by atoms with Crippen molar-refractivity contribution in [2.75, 3.05) is 0 Å². The maximum atomic E-state index is 12.8. The fraction of sp³-hybridized carbons (Fsp3) is 0.200. The number of thiophene rings is 1. The Labute approximate surface area is 250 Å². The summed E-state index contributed by atoms with van der Waals surface area (Å²) in [5, 5.41) is 12.4. The topological polar surface area (TPSA) is 92.2 Å². The molecule has 0 radical (unpaired) electrons. The molecule has 0 saturated carbocycles. The number of carboxylic acids is 1. The lowest BCUT2D eigenvalue weighted by Crippen LogP contribution is -2.42. The number of carbonyl (C=O) groups excluding carboxylic acids is 1. The summed E-state index contributed by atoms with van der Waals surface area (Å²) < 4.78 is 0. The second kappa shape index (κ2) is 12.1. The number of benzene rings is 3. The third-order valence-electron chi connectivity index (χ3n) is 7.08. The molecular weight excluding hydrogens is 542 g/mol. The van der Waals surface area contributed by atoms with Crippen LogP contribution in [0.3, 0.4) is 0 Å². The zero-order valence-corrected chi connectivity index (χ0v) is 24.9. The fourth-order valence-corrected chi connectivity index (χ4v) is 5.51. The van der Waals surface area contributed by atoms with Crippen molar-refractivity contribution in [3.8, 4) is 33.6 Å². The minimum Gasteiger partial charge on any atom is -0.480 e. The average Bonchev–Trinajstić information content (AvgIpc) is 3.50. The quantitative estimate of drug-likeness (QED) is 0.199. The molecular formula is C35H33N3O3S. The van der Waals surface area contributed by atoms with Gasteiger partial charge in [0.2, 0.25) is 0 Å². The van der Waals surface area contributed by atoms with Gasteiger partial charge in [0.1, 0.15) is 6.04 Å². The minimum absolute atomic E-state index is 0.0747. The lowest BCUT2D eigenvalue weighted by Gasteiger charge is -2.16. The molecule has 5 aromatic rings. The maximum Gasteiger partial charge on any atom is 0.326 e. The van der Waals surface area contributed by atoms with Gasteiger partial charge < -0.3 is 10.4 Å². The van der Waals surface area contributed by atoms with E-state index in [0.717, 1.165) is 32.7 Å². The van der Waals surface area contributed by atoms with E-state index < -0.39 is 12.0 Å². The zero-order valence-electron chi connectivity index (χ0n) is 24.1. The van der Waals surface area contributed by atoms with Gasteiger partial charge in [0.05, 0.1) is 4.88 Å². The van der Waals surface area contributed by atoms with E-state index in [1.807, 2.05) is 42.7 Å². The Hall–Kier alpha value is -4.62. The van der Waals surface area contributed by atoms with Gasteiger partial charge in [0.25, 0.3) is 5.91 Å². The van der Waals surface area contributed by atoms with Crippen LogP contribution in [0.4, 0.5) is 0 Å². The predicted octanol–water partition coefficient (Wildman–Crippen LogP) is 7.57. The zero-order chi connectivity index (χ0) is 29.9. The third kappa shape index (κ3) is 6.81. The maximum absolute atomic E-state index is 12.8. The van der Waals surface area contributed by atoms with Gasteiger partial charge in [0.15, 0.2) is 5.82 Å². The van der Waals surface area contributed by atoms with Crippen molar-refractivity contribution >= 4 is 23.2 Å². The Morgan fingerprint density at radius 1 is 0.762 bits per heavy atom. The van der Waals surface area contributed by atoms with Crippen molar-refractivity contribution in [2.45, 2.75) is 45.6 Å². The van der Waals surface area contributed by atoms with E-state index in [1.165, 1.54) is 22.5 Å². The van der Waals surface area contributed by atoms with E-state index in [9.17, 15) is 14.7 Å². The van der Waals surface area contributed by atoms with Crippen molar-refractivity contribution in [1.29, 1.82) is 0 Å². The molecule has 0 fully saturated rings. The minimum atomic E-state index is -1.08. The standard InChI is InChI=1S/C35H33N3O3S/c1-22-5-9-24(10-6-22)25-13-15-26(16-14-25)28-20-36-32(37-21-28)27-11-7-23(8-12-27)19-29(34(40)41)38-33(39)30-17-18-31(42-30)35(2,3)4/h5-18,20-21,29H,19H2,1-4H3,(H,38,39)(H,40,41)/t29-/m0/s1. The number of aromatic nitrogens is 2. The highest BCUT2D eigenvalue weighted by Gasteiger charge is 2.24. The summed E-state index contributed by atoms with van der Waals surface area (Å²) in [6.45, 7) is 8.31. The van der Waals surface area contributed by atoms with Gasteiger partial charge in [-0.1, -0.05) is 99.1 Å². The highest BCUT2D eigenvalue weighted by molar-refractivity contribution is 7.14. The molecule has 0 aliphatic heterocycles. The molecule has 2 N–H and O–H groups in total. The Bertz CT molecular complexity index is 1680. The van der Waals surface area contributed by atoms with Gasteiger partial charge >= 0.3 is 5.97 Å². The van der Waals surface area contributed by atoms with Gasteiger partial charge in [-0.05, 0) is 46.7 Å². The first-order valence-electron chi connectivity index (χ1n) is 13.8.